The minimum atomic E-state index is -3.75. The summed E-state index contributed by atoms with van der Waals surface area (Å²) < 4.78 is 22.5. The Kier molecular flexibility index (Phi) is 3.49. The number of nitrogens with two attached hydrogens (primary N) is 2. The van der Waals surface area contributed by atoms with E-state index in [9.17, 15) is 8.42 Å². The van der Waals surface area contributed by atoms with Crippen LogP contribution < -0.4 is 16.2 Å². The van der Waals surface area contributed by atoms with E-state index in [1.165, 1.54) is 12.5 Å². The molecule has 106 valence electrons. The molecular formula is C13H21N3O2S. The summed E-state index contributed by atoms with van der Waals surface area (Å²) in [6.45, 7) is 4.51. The maximum Gasteiger partial charge on any atom is 0.240 e. The van der Waals surface area contributed by atoms with E-state index in [1.54, 1.807) is 12.1 Å². The molecule has 0 aliphatic heterocycles. The van der Waals surface area contributed by atoms with Crippen LogP contribution in [0.25, 0.3) is 0 Å². The second-order valence-corrected chi connectivity index (χ2v) is 7.58. The minimum Gasteiger partial charge on any atom is -0.398 e. The van der Waals surface area contributed by atoms with Crippen molar-refractivity contribution in [3.05, 3.63) is 18.2 Å². The first-order chi connectivity index (χ1) is 8.67. The Morgan fingerprint density at radius 1 is 1.37 bits per heavy atom. The molecule has 1 aromatic rings. The molecule has 1 fully saturated rings. The van der Waals surface area contributed by atoms with Crippen LogP contribution in [-0.4, -0.2) is 14.5 Å². The highest BCUT2D eigenvalue weighted by atomic mass is 32.2. The molecule has 1 aromatic carbocycles. The van der Waals surface area contributed by atoms with E-state index in [0.717, 1.165) is 18.5 Å². The van der Waals surface area contributed by atoms with Gasteiger partial charge in [-0.1, -0.05) is 13.8 Å². The van der Waals surface area contributed by atoms with Crippen LogP contribution in [0.5, 0.6) is 0 Å². The van der Waals surface area contributed by atoms with E-state index in [2.05, 4.69) is 19.2 Å². The molecule has 0 heterocycles. The lowest BCUT2D eigenvalue weighted by Crippen LogP contribution is -2.18. The highest BCUT2D eigenvalue weighted by molar-refractivity contribution is 7.89. The van der Waals surface area contributed by atoms with E-state index < -0.39 is 10.0 Å². The summed E-state index contributed by atoms with van der Waals surface area (Å²) >= 11 is 0. The molecule has 0 bridgehead atoms. The Morgan fingerprint density at radius 3 is 2.53 bits per heavy atom. The van der Waals surface area contributed by atoms with Gasteiger partial charge in [0, 0.05) is 11.7 Å². The molecule has 5 N–H and O–H groups in total. The second kappa shape index (κ2) is 4.68. The number of primary sulfonamides is 1. The van der Waals surface area contributed by atoms with Crippen LogP contribution >= 0.6 is 0 Å². The fourth-order valence-electron chi connectivity index (χ4n) is 2.69. The Bertz CT molecular complexity index is 582. The van der Waals surface area contributed by atoms with E-state index >= 15 is 0 Å². The molecule has 19 heavy (non-hydrogen) atoms. The number of nitrogen functional groups attached to an aromatic ring is 1. The first kappa shape index (κ1) is 14.1. The van der Waals surface area contributed by atoms with Crippen LogP contribution in [0, 0.1) is 5.41 Å². The third-order valence-electron chi connectivity index (χ3n) is 3.66. The fraction of sp³-hybridized carbons (Fsp3) is 0.538. The average molecular weight is 283 g/mol. The molecule has 0 spiro atoms. The highest BCUT2D eigenvalue weighted by Gasteiger charge is 2.30. The van der Waals surface area contributed by atoms with Crippen LogP contribution in [0.1, 0.15) is 33.1 Å². The number of benzene rings is 1. The Balaban J connectivity index is 2.14. The van der Waals surface area contributed by atoms with Gasteiger partial charge in [0.05, 0.1) is 5.69 Å². The van der Waals surface area contributed by atoms with Gasteiger partial charge in [0.1, 0.15) is 4.90 Å². The van der Waals surface area contributed by atoms with Crippen molar-refractivity contribution >= 4 is 21.4 Å². The molecule has 1 aliphatic carbocycles. The van der Waals surface area contributed by atoms with Crippen molar-refractivity contribution in [3.63, 3.8) is 0 Å². The number of anilines is 2. The zero-order valence-electron chi connectivity index (χ0n) is 11.3. The Labute approximate surface area is 114 Å². The zero-order chi connectivity index (χ0) is 14.3. The number of hydrogen-bond donors (Lipinski definition) is 3. The first-order valence-corrected chi connectivity index (χ1v) is 7.91. The fourth-order valence-corrected chi connectivity index (χ4v) is 3.34. The first-order valence-electron chi connectivity index (χ1n) is 6.36. The third-order valence-corrected chi connectivity index (χ3v) is 4.64. The van der Waals surface area contributed by atoms with Gasteiger partial charge < -0.3 is 11.1 Å². The number of nitrogens with one attached hydrogen (secondary N) is 1. The molecule has 1 unspecified atom stereocenters. The standard InChI is InChI=1S/C13H21N3O2S/c1-13(2)6-5-10(8-13)16-9-3-4-12(11(14)7-9)19(15,17)18/h3-4,7,10,16H,5-6,8,14H2,1-2H3,(H2,15,17,18). The maximum atomic E-state index is 11.3. The number of hydrogen-bond acceptors (Lipinski definition) is 4. The molecule has 5 nitrogen and oxygen atoms in total. The van der Waals surface area contributed by atoms with Crippen LogP contribution in [0.3, 0.4) is 0 Å². The summed E-state index contributed by atoms with van der Waals surface area (Å²) in [7, 11) is -3.75. The molecule has 1 atom stereocenters. The van der Waals surface area contributed by atoms with Gasteiger partial charge in [0.15, 0.2) is 0 Å². The molecule has 1 aliphatic rings. The SMILES string of the molecule is CC1(C)CCC(Nc2ccc(S(N)(=O)=O)c(N)c2)C1. The summed E-state index contributed by atoms with van der Waals surface area (Å²) in [6.07, 6.45) is 3.41. The summed E-state index contributed by atoms with van der Waals surface area (Å²) in [6, 6.07) is 5.20. The van der Waals surface area contributed by atoms with Gasteiger partial charge in [0.2, 0.25) is 10.0 Å². The monoisotopic (exact) mass is 283 g/mol. The van der Waals surface area contributed by atoms with Crippen molar-refractivity contribution < 1.29 is 8.42 Å². The van der Waals surface area contributed by atoms with Crippen molar-refractivity contribution in [3.8, 4) is 0 Å². The van der Waals surface area contributed by atoms with Crippen molar-refractivity contribution in [2.75, 3.05) is 11.1 Å². The molecule has 0 amide bonds. The maximum absolute atomic E-state index is 11.3. The molecular weight excluding hydrogens is 262 g/mol. The molecule has 0 saturated heterocycles. The average Bonchev–Trinajstić information content (AvgIpc) is 2.56. The minimum absolute atomic E-state index is 0.0233. The smallest absolute Gasteiger partial charge is 0.240 e. The number of sulfonamides is 1. The summed E-state index contributed by atoms with van der Waals surface area (Å²) in [4.78, 5) is -0.0233. The topological polar surface area (TPSA) is 98.2 Å². The Morgan fingerprint density at radius 2 is 2.05 bits per heavy atom. The summed E-state index contributed by atoms with van der Waals surface area (Å²) in [5, 5.41) is 8.48. The van der Waals surface area contributed by atoms with Gasteiger partial charge in [-0.15, -0.1) is 0 Å². The lowest BCUT2D eigenvalue weighted by molar-refractivity contribution is 0.378. The van der Waals surface area contributed by atoms with Crippen LogP contribution in [0.4, 0.5) is 11.4 Å². The zero-order valence-corrected chi connectivity index (χ0v) is 12.1. The van der Waals surface area contributed by atoms with Crippen LogP contribution in [-0.2, 0) is 10.0 Å². The van der Waals surface area contributed by atoms with Gasteiger partial charge in [-0.2, -0.15) is 0 Å². The molecule has 0 radical (unpaired) electrons. The number of rotatable bonds is 3. The summed E-state index contributed by atoms with van der Waals surface area (Å²) in [5.74, 6) is 0. The normalized spacial score (nSPS) is 22.4. The molecule has 1 saturated carbocycles. The predicted octanol–water partition coefficient (Wildman–Crippen LogP) is 1.91. The quantitative estimate of drug-likeness (QED) is 0.738. The molecule has 2 rings (SSSR count). The molecule has 0 aromatic heterocycles. The van der Waals surface area contributed by atoms with E-state index in [4.69, 9.17) is 10.9 Å². The Hall–Kier alpha value is -1.27. The predicted molar refractivity (Wildman–Crippen MR) is 77.3 cm³/mol. The van der Waals surface area contributed by atoms with E-state index in [0.29, 0.717) is 11.5 Å². The summed E-state index contributed by atoms with van der Waals surface area (Å²) in [5.41, 5.74) is 7.13. The van der Waals surface area contributed by atoms with Gasteiger partial charge in [-0.3, -0.25) is 0 Å². The highest BCUT2D eigenvalue weighted by Crippen LogP contribution is 2.38. The van der Waals surface area contributed by atoms with Crippen LogP contribution in [0.2, 0.25) is 0 Å². The second-order valence-electron chi connectivity index (χ2n) is 6.05. The largest absolute Gasteiger partial charge is 0.398 e. The van der Waals surface area contributed by atoms with Crippen molar-refractivity contribution in [2.45, 2.75) is 44.0 Å². The van der Waals surface area contributed by atoms with Gasteiger partial charge in [-0.25, -0.2) is 13.6 Å². The third kappa shape index (κ3) is 3.39. The van der Waals surface area contributed by atoms with E-state index in [-0.39, 0.29) is 10.6 Å². The van der Waals surface area contributed by atoms with Crippen LogP contribution in [0.15, 0.2) is 23.1 Å². The molecule has 6 heteroatoms. The van der Waals surface area contributed by atoms with Gasteiger partial charge in [-0.05, 0) is 42.9 Å². The van der Waals surface area contributed by atoms with Crippen molar-refractivity contribution in [2.24, 2.45) is 10.6 Å². The van der Waals surface area contributed by atoms with Gasteiger partial charge in [0.25, 0.3) is 0 Å². The van der Waals surface area contributed by atoms with Crippen molar-refractivity contribution in [1.82, 2.24) is 0 Å². The van der Waals surface area contributed by atoms with Gasteiger partial charge >= 0.3 is 0 Å². The van der Waals surface area contributed by atoms with Crippen molar-refractivity contribution in [1.29, 1.82) is 0 Å². The lowest BCUT2D eigenvalue weighted by atomic mass is 9.92. The van der Waals surface area contributed by atoms with E-state index in [1.807, 2.05) is 0 Å². The lowest BCUT2D eigenvalue weighted by Gasteiger charge is -2.19.